The number of hydrogen-bond acceptors (Lipinski definition) is 1. The molecule has 2 aliphatic rings. The molecule has 0 heterocycles. The summed E-state index contributed by atoms with van der Waals surface area (Å²) in [7, 11) is -1.63. The predicted octanol–water partition coefficient (Wildman–Crippen LogP) is 4.98. The monoisotopic (exact) mass is 337 g/mol. The fraction of sp³-hybridized carbons (Fsp3) is 0.500. The van der Waals surface area contributed by atoms with E-state index < -0.39 is 8.24 Å². The molecule has 104 valence electrons. The zero-order valence-electron chi connectivity index (χ0n) is 12.8. The largest absolute Gasteiger partial charge is 0.329 e. The minimum atomic E-state index is -1.63. The fourth-order valence-electron chi connectivity index (χ4n) is 3.41. The van der Waals surface area contributed by atoms with Crippen molar-refractivity contribution in [3.05, 3.63) is 44.6 Å². The number of rotatable bonds is 2. The van der Waals surface area contributed by atoms with Crippen LogP contribution in [0.15, 0.2) is 44.6 Å². The maximum Gasteiger partial charge on any atom is 0.152 e. The first-order valence-corrected chi connectivity index (χ1v) is 10.7. The van der Waals surface area contributed by atoms with Gasteiger partial charge in [-0.15, -0.1) is 0 Å². The molecule has 2 rings (SSSR count). The smallest absolute Gasteiger partial charge is 0.152 e. The molecule has 0 unspecified atom stereocenters. The molecule has 0 aromatic heterocycles. The van der Waals surface area contributed by atoms with E-state index in [0.29, 0.717) is 0 Å². The Kier molecular flexibility index (Phi) is 3.85. The zero-order valence-corrected chi connectivity index (χ0v) is 15.4. The van der Waals surface area contributed by atoms with Crippen LogP contribution in [0, 0.1) is 0 Å². The van der Waals surface area contributed by atoms with Gasteiger partial charge in [0.2, 0.25) is 0 Å². The van der Waals surface area contributed by atoms with E-state index in [1.54, 1.807) is 5.20 Å². The average molecular weight is 338 g/mol. The summed E-state index contributed by atoms with van der Waals surface area (Å²) in [6.07, 6.45) is 7.85. The molecule has 0 saturated carbocycles. The number of hydrogen-bond donors (Lipinski definition) is 1. The minimum Gasteiger partial charge on any atom is -0.329 e. The van der Waals surface area contributed by atoms with E-state index in [9.17, 15) is 0 Å². The van der Waals surface area contributed by atoms with E-state index in [1.165, 1.54) is 21.2 Å². The molecule has 0 aromatic rings. The molecule has 0 aromatic carbocycles. The summed E-state index contributed by atoms with van der Waals surface area (Å²) >= 11 is 3.69. The number of halogens is 1. The predicted molar refractivity (Wildman–Crippen MR) is 90.9 cm³/mol. The van der Waals surface area contributed by atoms with E-state index in [4.69, 9.17) is 0 Å². The van der Waals surface area contributed by atoms with Crippen molar-refractivity contribution < 1.29 is 0 Å². The molecule has 1 N–H and O–H groups in total. The number of nitrogens with one attached hydrogen (secondary N) is 1. The molecule has 0 radical (unpaired) electrons. The van der Waals surface area contributed by atoms with Crippen LogP contribution in [0.4, 0.5) is 0 Å². The van der Waals surface area contributed by atoms with Gasteiger partial charge in [-0.25, -0.2) is 0 Å². The van der Waals surface area contributed by atoms with Crippen molar-refractivity contribution in [2.75, 3.05) is 0 Å². The third-order valence-corrected chi connectivity index (χ3v) is 7.55. The van der Waals surface area contributed by atoms with Gasteiger partial charge in [0.15, 0.2) is 8.24 Å². The SMILES string of the molecule is CC1=CC2=C(Br)C=CCC2=C1[Si](C)(C)NC(C)(C)C. The van der Waals surface area contributed by atoms with Gasteiger partial charge in [0.1, 0.15) is 0 Å². The maximum absolute atomic E-state index is 3.89. The second kappa shape index (κ2) is 4.87. The van der Waals surface area contributed by atoms with Crippen LogP contribution in [0.2, 0.25) is 13.1 Å². The molecule has 0 amide bonds. The van der Waals surface area contributed by atoms with Crippen molar-refractivity contribution in [2.24, 2.45) is 0 Å². The van der Waals surface area contributed by atoms with Crippen LogP contribution in [0.5, 0.6) is 0 Å². The Balaban J connectivity index is 2.48. The third kappa shape index (κ3) is 3.04. The quantitative estimate of drug-likeness (QED) is 0.700. The van der Waals surface area contributed by atoms with Crippen molar-refractivity contribution in [1.82, 2.24) is 4.98 Å². The Bertz CT molecular complexity index is 527. The summed E-state index contributed by atoms with van der Waals surface area (Å²) in [6, 6.07) is 0. The molecule has 0 saturated heterocycles. The van der Waals surface area contributed by atoms with Crippen molar-refractivity contribution in [3.8, 4) is 0 Å². The van der Waals surface area contributed by atoms with Crippen molar-refractivity contribution in [2.45, 2.75) is 52.7 Å². The average Bonchev–Trinajstić information content (AvgIpc) is 2.52. The van der Waals surface area contributed by atoms with Gasteiger partial charge in [0, 0.05) is 10.0 Å². The summed E-state index contributed by atoms with van der Waals surface area (Å²) in [4.78, 5) is 3.89. The Morgan fingerprint density at radius 3 is 2.47 bits per heavy atom. The number of fused-ring (bicyclic) bond motifs is 1. The summed E-state index contributed by atoms with van der Waals surface area (Å²) in [5.41, 5.74) is 4.53. The molecule has 0 bridgehead atoms. The van der Waals surface area contributed by atoms with Gasteiger partial charge in [0.25, 0.3) is 0 Å². The van der Waals surface area contributed by atoms with Crippen LogP contribution in [0.1, 0.15) is 34.1 Å². The van der Waals surface area contributed by atoms with Crippen LogP contribution in [0.25, 0.3) is 0 Å². The molecule has 0 spiro atoms. The molecule has 0 atom stereocenters. The van der Waals surface area contributed by atoms with E-state index in [-0.39, 0.29) is 5.54 Å². The minimum absolute atomic E-state index is 0.164. The Hall–Kier alpha value is -0.383. The van der Waals surface area contributed by atoms with Gasteiger partial charge in [-0.05, 0) is 56.0 Å². The second-order valence-electron chi connectivity index (χ2n) is 7.05. The van der Waals surface area contributed by atoms with Gasteiger partial charge in [-0.1, -0.05) is 47.3 Å². The lowest BCUT2D eigenvalue weighted by Gasteiger charge is -2.36. The van der Waals surface area contributed by atoms with Crippen LogP contribution in [-0.2, 0) is 0 Å². The molecule has 0 fully saturated rings. The van der Waals surface area contributed by atoms with Gasteiger partial charge >= 0.3 is 0 Å². The first kappa shape index (κ1) is 15.0. The van der Waals surface area contributed by atoms with Crippen LogP contribution in [-0.4, -0.2) is 13.8 Å². The molecule has 1 nitrogen and oxygen atoms in total. The van der Waals surface area contributed by atoms with Gasteiger partial charge in [-0.2, -0.15) is 0 Å². The van der Waals surface area contributed by atoms with E-state index in [2.05, 4.69) is 79.9 Å². The van der Waals surface area contributed by atoms with Gasteiger partial charge in [0.05, 0.1) is 0 Å². The van der Waals surface area contributed by atoms with Gasteiger partial charge < -0.3 is 4.98 Å². The topological polar surface area (TPSA) is 12.0 Å². The van der Waals surface area contributed by atoms with Gasteiger partial charge in [-0.3, -0.25) is 0 Å². The normalized spacial score (nSPS) is 20.1. The van der Waals surface area contributed by atoms with E-state index in [0.717, 1.165) is 6.42 Å². The molecular formula is C16H24BrNSi. The highest BCUT2D eigenvalue weighted by Crippen LogP contribution is 2.42. The fourth-order valence-corrected chi connectivity index (χ4v) is 8.00. The lowest BCUT2D eigenvalue weighted by atomic mass is 10.0. The Labute approximate surface area is 126 Å². The van der Waals surface area contributed by atoms with Crippen LogP contribution >= 0.6 is 15.9 Å². The van der Waals surface area contributed by atoms with Crippen LogP contribution in [0.3, 0.4) is 0 Å². The highest BCUT2D eigenvalue weighted by atomic mass is 79.9. The van der Waals surface area contributed by atoms with Crippen molar-refractivity contribution in [1.29, 1.82) is 0 Å². The summed E-state index contributed by atoms with van der Waals surface area (Å²) in [5.74, 6) is 0. The third-order valence-electron chi connectivity index (χ3n) is 3.54. The zero-order chi connectivity index (χ0) is 14.4. The van der Waals surface area contributed by atoms with Crippen molar-refractivity contribution >= 4 is 24.2 Å². The van der Waals surface area contributed by atoms with E-state index in [1.807, 2.05) is 0 Å². The molecular weight excluding hydrogens is 314 g/mol. The molecule has 19 heavy (non-hydrogen) atoms. The lowest BCUT2D eigenvalue weighted by Crippen LogP contribution is -2.56. The van der Waals surface area contributed by atoms with Crippen molar-refractivity contribution in [3.63, 3.8) is 0 Å². The number of allylic oxidation sites excluding steroid dienone is 8. The molecule has 0 aliphatic heterocycles. The molecule has 3 heteroatoms. The maximum atomic E-state index is 3.89. The summed E-state index contributed by atoms with van der Waals surface area (Å²) in [5, 5.41) is 1.60. The lowest BCUT2D eigenvalue weighted by molar-refractivity contribution is 0.514. The summed E-state index contributed by atoms with van der Waals surface area (Å²) < 4.78 is 1.23. The first-order chi connectivity index (χ1) is 8.62. The Morgan fingerprint density at radius 2 is 1.89 bits per heavy atom. The highest BCUT2D eigenvalue weighted by Gasteiger charge is 2.36. The summed E-state index contributed by atoms with van der Waals surface area (Å²) in [6.45, 7) is 13.9. The van der Waals surface area contributed by atoms with Crippen LogP contribution < -0.4 is 4.98 Å². The van der Waals surface area contributed by atoms with E-state index >= 15 is 0 Å². The standard InChI is InChI=1S/C16H24BrNSi/c1-11-10-13-12(8-7-9-14(13)17)15(11)19(5,6)18-16(2,3)4/h7,9-10,18H,8H2,1-6H3. The first-order valence-electron chi connectivity index (χ1n) is 6.90. The highest BCUT2D eigenvalue weighted by molar-refractivity contribution is 9.11. The molecule has 2 aliphatic carbocycles. The Morgan fingerprint density at radius 1 is 1.26 bits per heavy atom. The second-order valence-corrected chi connectivity index (χ2v) is 11.9.